The molecule has 0 atom stereocenters. The van der Waals surface area contributed by atoms with E-state index in [1.807, 2.05) is 0 Å². The van der Waals surface area contributed by atoms with Gasteiger partial charge in [-0.15, -0.1) is 0 Å². The number of thiocarbonyl (C=S) groups is 1. The van der Waals surface area contributed by atoms with Crippen molar-refractivity contribution in [3.63, 3.8) is 0 Å². The quantitative estimate of drug-likeness (QED) is 0.345. The first-order valence-electron chi connectivity index (χ1n) is 7.83. The molecule has 0 aromatic heterocycles. The molecule has 2 saturated heterocycles. The van der Waals surface area contributed by atoms with Crippen molar-refractivity contribution in [1.29, 1.82) is 0 Å². The second-order valence-electron chi connectivity index (χ2n) is 6.33. The summed E-state index contributed by atoms with van der Waals surface area (Å²) in [7, 11) is 0. The molecule has 4 rings (SSSR count). The number of thioether (sulfide) groups is 1. The van der Waals surface area contributed by atoms with Crippen molar-refractivity contribution in [2.45, 2.75) is 30.6 Å². The van der Waals surface area contributed by atoms with E-state index in [1.54, 1.807) is 0 Å². The molecule has 0 N–H and O–H groups in total. The summed E-state index contributed by atoms with van der Waals surface area (Å²) < 4.78 is 0.616. The number of nitro benzene ring substituents is 2. The highest BCUT2D eigenvalue weighted by molar-refractivity contribution is 8.23. The molecule has 0 spiro atoms. The lowest BCUT2D eigenvalue weighted by Crippen LogP contribution is -2.31. The Balaban J connectivity index is 1.78. The van der Waals surface area contributed by atoms with Gasteiger partial charge in [0, 0.05) is 19.2 Å². The van der Waals surface area contributed by atoms with Gasteiger partial charge in [-0.05, 0) is 43.6 Å². The summed E-state index contributed by atoms with van der Waals surface area (Å²) in [5.74, 6) is 1.29. The maximum Gasteiger partial charge on any atom is 0.290 e. The second kappa shape index (κ2) is 7.02. The van der Waals surface area contributed by atoms with Crippen molar-refractivity contribution in [3.8, 4) is 0 Å². The van der Waals surface area contributed by atoms with E-state index in [0.717, 1.165) is 30.9 Å². The summed E-state index contributed by atoms with van der Waals surface area (Å²) in [5, 5.41) is 22.1. The Morgan fingerprint density at radius 1 is 1.08 bits per heavy atom. The van der Waals surface area contributed by atoms with Gasteiger partial charge in [0.1, 0.15) is 4.32 Å². The molecule has 0 amide bonds. The van der Waals surface area contributed by atoms with Crippen molar-refractivity contribution in [1.82, 2.24) is 4.90 Å². The highest BCUT2D eigenvalue weighted by Crippen LogP contribution is 2.38. The van der Waals surface area contributed by atoms with E-state index in [0.29, 0.717) is 21.1 Å². The Morgan fingerprint density at radius 3 is 2.17 bits per heavy atom. The van der Waals surface area contributed by atoms with Gasteiger partial charge in [-0.1, -0.05) is 24.0 Å². The van der Waals surface area contributed by atoms with Gasteiger partial charge in [-0.3, -0.25) is 20.2 Å². The molecule has 2 bridgehead atoms. The number of hydrogen-bond donors (Lipinski definition) is 0. The Hall–Kier alpha value is -1.74. The normalized spacial score (nSPS) is 22.9. The van der Waals surface area contributed by atoms with Crippen LogP contribution in [0.5, 0.6) is 0 Å². The summed E-state index contributed by atoms with van der Waals surface area (Å²) in [4.78, 5) is 23.3. The monoisotopic (exact) mass is 367 g/mol. The first-order chi connectivity index (χ1) is 11.4. The van der Waals surface area contributed by atoms with Gasteiger partial charge in [-0.2, -0.15) is 0 Å². The zero-order valence-electron chi connectivity index (χ0n) is 12.9. The Morgan fingerprint density at radius 2 is 1.67 bits per heavy atom. The number of benzene rings is 1. The van der Waals surface area contributed by atoms with Gasteiger partial charge in [0.05, 0.1) is 20.8 Å². The van der Waals surface area contributed by atoms with Gasteiger partial charge in [0.2, 0.25) is 0 Å². The maximum absolute atomic E-state index is 11.2. The van der Waals surface area contributed by atoms with Crippen LogP contribution in [0.25, 0.3) is 0 Å². The van der Waals surface area contributed by atoms with E-state index >= 15 is 0 Å². The van der Waals surface area contributed by atoms with Crippen LogP contribution in [0.2, 0.25) is 0 Å². The first kappa shape index (κ1) is 17.1. The van der Waals surface area contributed by atoms with Crippen LogP contribution >= 0.6 is 24.0 Å². The number of non-ortho nitro benzene ring substituents is 1. The summed E-state index contributed by atoms with van der Waals surface area (Å²) in [6.45, 7) is 1.81. The van der Waals surface area contributed by atoms with E-state index < -0.39 is 9.85 Å². The lowest BCUT2D eigenvalue weighted by molar-refractivity contribution is -0.396. The van der Waals surface area contributed by atoms with Crippen LogP contribution in [0.3, 0.4) is 0 Å². The lowest BCUT2D eigenvalue weighted by Gasteiger charge is -2.24. The van der Waals surface area contributed by atoms with Crippen molar-refractivity contribution in [3.05, 3.63) is 38.4 Å². The Labute approximate surface area is 148 Å². The minimum atomic E-state index is -0.633. The predicted molar refractivity (Wildman–Crippen MR) is 95.2 cm³/mol. The van der Waals surface area contributed by atoms with Gasteiger partial charge >= 0.3 is 0 Å². The van der Waals surface area contributed by atoms with Crippen LogP contribution in [0, 0.1) is 32.1 Å². The average Bonchev–Trinajstić information content (AvgIpc) is 2.88. The van der Waals surface area contributed by atoms with Crippen LogP contribution in [0.15, 0.2) is 23.1 Å². The fraction of sp³-hybridized carbons (Fsp3) is 0.533. The molecule has 2 heterocycles. The Bertz CT molecular complexity index is 675. The zero-order valence-corrected chi connectivity index (χ0v) is 14.6. The van der Waals surface area contributed by atoms with E-state index in [1.165, 1.54) is 37.8 Å². The van der Waals surface area contributed by atoms with Crippen molar-refractivity contribution < 1.29 is 9.85 Å². The smallest absolute Gasteiger partial charge is 0.290 e. The maximum atomic E-state index is 11.2. The summed E-state index contributed by atoms with van der Waals surface area (Å²) >= 11 is 6.67. The molecule has 9 heteroatoms. The topological polar surface area (TPSA) is 89.5 Å². The highest BCUT2D eigenvalue weighted by Gasteiger charge is 2.31. The molecule has 3 aliphatic rings. The summed E-state index contributed by atoms with van der Waals surface area (Å²) in [6, 6.07) is 3.70. The second-order valence-corrected chi connectivity index (χ2v) is 8.00. The molecule has 1 aromatic rings. The minimum absolute atomic E-state index is 0.269. The zero-order chi connectivity index (χ0) is 17.3. The third-order valence-electron chi connectivity index (χ3n) is 4.73. The molecule has 24 heavy (non-hydrogen) atoms. The minimum Gasteiger partial charge on any atom is -0.357 e. The van der Waals surface area contributed by atoms with Gasteiger partial charge in [0.15, 0.2) is 0 Å². The van der Waals surface area contributed by atoms with Crippen molar-refractivity contribution >= 4 is 39.7 Å². The number of fused-ring (bicyclic) bond motifs is 4. The van der Waals surface area contributed by atoms with Crippen LogP contribution in [0.4, 0.5) is 11.4 Å². The third-order valence-corrected chi connectivity index (χ3v) is 6.24. The first-order valence-corrected chi connectivity index (χ1v) is 9.06. The number of hydrogen-bond acceptors (Lipinski definition) is 6. The molecule has 0 radical (unpaired) electrons. The number of nitrogens with zero attached hydrogens (tertiary/aromatic N) is 3. The number of nitro groups is 2. The van der Waals surface area contributed by atoms with Crippen LogP contribution in [0.1, 0.15) is 25.7 Å². The number of rotatable bonds is 3. The Kier molecular flexibility index (Phi) is 5.00. The molecule has 1 aliphatic carbocycles. The average molecular weight is 367 g/mol. The molecular formula is C15H17N3O4S2. The van der Waals surface area contributed by atoms with E-state index in [-0.39, 0.29) is 11.4 Å². The predicted octanol–water partition coefficient (Wildman–Crippen LogP) is 4.00. The summed E-state index contributed by atoms with van der Waals surface area (Å²) in [6.07, 6.45) is 4.91. The molecule has 128 valence electrons. The largest absolute Gasteiger partial charge is 0.357 e. The molecule has 1 aromatic carbocycles. The van der Waals surface area contributed by atoms with Crippen molar-refractivity contribution in [2.24, 2.45) is 11.8 Å². The molecule has 7 nitrogen and oxygen atoms in total. The van der Waals surface area contributed by atoms with Gasteiger partial charge in [0.25, 0.3) is 11.4 Å². The highest BCUT2D eigenvalue weighted by atomic mass is 32.2. The standard InChI is InChI=1S/C15H17N3O4S2/c19-17(20)12-5-6-14(13(7-12)18(21)22)24-15(23)16-8-10-1-2-11(9-16)4-3-10/h5-7,10-11H,1-4,8-9H2. The summed E-state index contributed by atoms with van der Waals surface area (Å²) in [5.41, 5.74) is -0.556. The van der Waals surface area contributed by atoms with Crippen molar-refractivity contribution in [2.75, 3.05) is 13.1 Å². The molecule has 0 unspecified atom stereocenters. The van der Waals surface area contributed by atoms with E-state index in [2.05, 4.69) is 4.90 Å². The molecular weight excluding hydrogens is 350 g/mol. The molecule has 1 saturated carbocycles. The van der Waals surface area contributed by atoms with Gasteiger partial charge in [-0.25, -0.2) is 0 Å². The van der Waals surface area contributed by atoms with E-state index in [4.69, 9.17) is 12.2 Å². The van der Waals surface area contributed by atoms with E-state index in [9.17, 15) is 20.2 Å². The molecule has 2 aliphatic heterocycles. The van der Waals surface area contributed by atoms with Gasteiger partial charge < -0.3 is 4.90 Å². The van der Waals surface area contributed by atoms with Crippen LogP contribution in [-0.2, 0) is 0 Å². The lowest BCUT2D eigenvalue weighted by atomic mass is 9.84. The fourth-order valence-electron chi connectivity index (χ4n) is 3.45. The third kappa shape index (κ3) is 3.67. The molecule has 3 fully saturated rings. The van der Waals surface area contributed by atoms with Crippen LogP contribution in [-0.4, -0.2) is 32.2 Å². The van der Waals surface area contributed by atoms with Crippen LogP contribution < -0.4 is 0 Å². The fourth-order valence-corrected chi connectivity index (χ4v) is 4.71. The SMILES string of the molecule is O=[N+]([O-])c1ccc(SC(=S)N2CC3CCC(CC3)C2)c([N+](=O)[O-])c1.